The summed E-state index contributed by atoms with van der Waals surface area (Å²) < 4.78 is 29.4. The third-order valence-electron chi connectivity index (χ3n) is 11.1. The van der Waals surface area contributed by atoms with Crippen molar-refractivity contribution in [3.8, 4) is 23.0 Å². The molecule has 14 heteroatoms. The standard InChI is InChI=1S/C50H50Cl6N2O6/c1-7-33(51)21-23-57-35-15-9-29(10-16-35)37(31-13-19-39(60-3)41(25-31)62-5)27-50(44-43(49(59)64-50)45(53)47(55)48(56)46(44)54)28-38(32-14-20-40(61-4)42(26-32)63-6)30-11-17-36(18-12-30)58-24-22-34(52)8-2/h9-20,25-28,33-34,57-58H,7-8,21-24H2,1-6H3. The fraction of sp³-hybridized carbons (Fsp3) is 0.300. The van der Waals surface area contributed by atoms with Crippen molar-refractivity contribution in [3.63, 3.8) is 0 Å². The molecule has 2 unspecified atom stereocenters. The number of nitrogens with one attached hydrogen (secondary N) is 2. The molecular formula is C50H50Cl6N2O6. The van der Waals surface area contributed by atoms with Crippen LogP contribution >= 0.6 is 69.6 Å². The number of hydrogen-bond acceptors (Lipinski definition) is 8. The summed E-state index contributed by atoms with van der Waals surface area (Å²) >= 11 is 40.4. The Bertz CT molecular complexity index is 2380. The van der Waals surface area contributed by atoms with Crippen LogP contribution in [0.15, 0.2) is 97.1 Å². The minimum Gasteiger partial charge on any atom is -0.493 e. The molecule has 8 nitrogen and oxygen atoms in total. The van der Waals surface area contributed by atoms with Crippen LogP contribution in [-0.4, -0.2) is 58.3 Å². The number of anilines is 2. The molecule has 0 amide bonds. The predicted octanol–water partition coefficient (Wildman–Crippen LogP) is 14.6. The van der Waals surface area contributed by atoms with E-state index < -0.39 is 11.6 Å². The number of fused-ring (bicyclic) bond motifs is 1. The van der Waals surface area contributed by atoms with Gasteiger partial charge in [0.1, 0.15) is 0 Å². The Morgan fingerprint density at radius 3 is 1.36 bits per heavy atom. The highest BCUT2D eigenvalue weighted by molar-refractivity contribution is 6.53. The van der Waals surface area contributed by atoms with Gasteiger partial charge in [0.25, 0.3) is 0 Å². The van der Waals surface area contributed by atoms with E-state index >= 15 is 0 Å². The van der Waals surface area contributed by atoms with Gasteiger partial charge in [-0.05, 0) is 120 Å². The highest BCUT2D eigenvalue weighted by atomic mass is 35.5. The Morgan fingerprint density at radius 2 is 0.969 bits per heavy atom. The van der Waals surface area contributed by atoms with E-state index in [1.165, 1.54) is 0 Å². The minimum absolute atomic E-state index is 0.00353. The zero-order valence-corrected chi connectivity index (χ0v) is 40.9. The summed E-state index contributed by atoms with van der Waals surface area (Å²) in [6, 6.07) is 27.0. The van der Waals surface area contributed by atoms with E-state index in [0.29, 0.717) is 58.4 Å². The van der Waals surface area contributed by atoms with Crippen LogP contribution in [0.1, 0.15) is 77.7 Å². The van der Waals surface area contributed by atoms with Crippen molar-refractivity contribution in [1.82, 2.24) is 0 Å². The molecule has 64 heavy (non-hydrogen) atoms. The topological polar surface area (TPSA) is 87.3 Å². The molecule has 5 aromatic carbocycles. The second kappa shape index (κ2) is 22.2. The summed E-state index contributed by atoms with van der Waals surface area (Å²) in [5.74, 6) is 1.27. The van der Waals surface area contributed by atoms with Crippen molar-refractivity contribution in [1.29, 1.82) is 0 Å². The smallest absolute Gasteiger partial charge is 0.341 e. The number of cyclic esters (lactones) is 1. The van der Waals surface area contributed by atoms with Crippen LogP contribution in [-0.2, 0) is 10.3 Å². The molecular weight excluding hydrogens is 937 g/mol. The molecule has 6 rings (SSSR count). The van der Waals surface area contributed by atoms with E-state index in [4.69, 9.17) is 93.3 Å². The maximum absolute atomic E-state index is 14.4. The second-order valence-corrected chi connectivity index (χ2v) is 17.8. The van der Waals surface area contributed by atoms with Gasteiger partial charge in [0.2, 0.25) is 0 Å². The van der Waals surface area contributed by atoms with Gasteiger partial charge in [-0.1, -0.05) is 96.6 Å². The zero-order chi connectivity index (χ0) is 46.1. The molecule has 0 spiro atoms. The number of benzene rings is 5. The van der Waals surface area contributed by atoms with Gasteiger partial charge in [-0.25, -0.2) is 4.79 Å². The lowest BCUT2D eigenvalue weighted by atomic mass is 9.83. The number of carbonyl (C=O) groups is 1. The Balaban J connectivity index is 1.66. The van der Waals surface area contributed by atoms with Gasteiger partial charge in [-0.15, -0.1) is 23.2 Å². The maximum atomic E-state index is 14.4. The van der Waals surface area contributed by atoms with Gasteiger partial charge >= 0.3 is 5.97 Å². The third kappa shape index (κ3) is 10.8. The van der Waals surface area contributed by atoms with E-state index in [9.17, 15) is 4.79 Å². The second-order valence-electron chi connectivity index (χ2n) is 15.0. The molecule has 2 N–H and O–H groups in total. The van der Waals surface area contributed by atoms with Gasteiger partial charge < -0.3 is 34.3 Å². The summed E-state index contributed by atoms with van der Waals surface area (Å²) in [7, 11) is 6.28. The minimum atomic E-state index is -1.77. The van der Waals surface area contributed by atoms with Crippen LogP contribution in [0.2, 0.25) is 20.1 Å². The van der Waals surface area contributed by atoms with Crippen molar-refractivity contribution < 1.29 is 28.5 Å². The SMILES string of the molecule is CCC(Cl)CCNc1ccc(C(=CC2(C=C(c3ccc(NCCC(Cl)CC)cc3)c3ccc(OC)c(OC)c3)OC(=O)c3c(Cl)c(Cl)c(Cl)c(Cl)c32)c2ccc(OC)c(OC)c2)cc1. The fourth-order valence-electron chi connectivity index (χ4n) is 7.48. The third-order valence-corrected chi connectivity index (χ3v) is 13.9. The number of hydrogen-bond donors (Lipinski definition) is 2. The van der Waals surface area contributed by atoms with E-state index in [-0.39, 0.29) is 42.0 Å². The normalized spacial score (nSPS) is 15.8. The molecule has 1 aliphatic heterocycles. The molecule has 1 heterocycles. The Kier molecular flexibility index (Phi) is 17.0. The fourth-order valence-corrected chi connectivity index (χ4v) is 8.78. The monoisotopic (exact) mass is 984 g/mol. The molecule has 0 bridgehead atoms. The molecule has 1 aliphatic rings. The molecule has 0 aliphatic carbocycles. The van der Waals surface area contributed by atoms with Gasteiger partial charge in [0, 0.05) is 40.8 Å². The Hall–Kier alpha value is -4.41. The Labute approximate surface area is 405 Å². The molecule has 0 aromatic heterocycles. The predicted molar refractivity (Wildman–Crippen MR) is 266 cm³/mol. The van der Waals surface area contributed by atoms with Crippen LogP contribution in [0.5, 0.6) is 23.0 Å². The van der Waals surface area contributed by atoms with Crippen LogP contribution in [0.25, 0.3) is 11.1 Å². The van der Waals surface area contributed by atoms with Crippen molar-refractivity contribution in [2.24, 2.45) is 0 Å². The summed E-state index contributed by atoms with van der Waals surface area (Å²) in [5, 5.41) is 6.89. The number of rotatable bonds is 20. The molecule has 0 radical (unpaired) electrons. The van der Waals surface area contributed by atoms with Crippen LogP contribution in [0, 0.1) is 0 Å². The number of esters is 1. The molecule has 5 aromatic rings. The summed E-state index contributed by atoms with van der Waals surface area (Å²) in [6.07, 6.45) is 7.06. The van der Waals surface area contributed by atoms with Crippen molar-refractivity contribution in [3.05, 3.63) is 151 Å². The van der Waals surface area contributed by atoms with Crippen LogP contribution < -0.4 is 29.6 Å². The van der Waals surface area contributed by atoms with E-state index in [0.717, 1.165) is 48.2 Å². The van der Waals surface area contributed by atoms with Crippen LogP contribution in [0.3, 0.4) is 0 Å². The van der Waals surface area contributed by atoms with E-state index in [1.807, 2.05) is 97.1 Å². The molecule has 0 saturated heterocycles. The summed E-state index contributed by atoms with van der Waals surface area (Å²) in [6.45, 7) is 5.53. The van der Waals surface area contributed by atoms with Crippen LogP contribution in [0.4, 0.5) is 11.4 Å². The zero-order valence-electron chi connectivity index (χ0n) is 36.4. The van der Waals surface area contributed by atoms with Gasteiger partial charge in [0.05, 0.1) is 54.1 Å². The first-order valence-corrected chi connectivity index (χ1v) is 23.2. The summed E-state index contributed by atoms with van der Waals surface area (Å²) in [5.41, 5.74) is 4.47. The average Bonchev–Trinajstić information content (AvgIpc) is 3.61. The van der Waals surface area contributed by atoms with E-state index in [2.05, 4.69) is 24.5 Å². The number of ether oxygens (including phenoxy) is 5. The quantitative estimate of drug-likeness (QED) is 0.0345. The maximum Gasteiger partial charge on any atom is 0.341 e. The van der Waals surface area contributed by atoms with Gasteiger partial charge in [0.15, 0.2) is 28.6 Å². The Morgan fingerprint density at radius 1 is 0.578 bits per heavy atom. The number of methoxy groups -OCH3 is 4. The molecule has 0 saturated carbocycles. The first-order valence-electron chi connectivity index (χ1n) is 20.8. The molecule has 338 valence electrons. The van der Waals surface area contributed by atoms with E-state index in [1.54, 1.807) is 28.4 Å². The molecule has 2 atom stereocenters. The largest absolute Gasteiger partial charge is 0.493 e. The first kappa shape index (κ1) is 49.0. The highest BCUT2D eigenvalue weighted by Crippen LogP contribution is 2.54. The molecule has 0 fully saturated rings. The first-order chi connectivity index (χ1) is 30.8. The number of halogens is 6. The van der Waals surface area contributed by atoms with Gasteiger partial charge in [-0.2, -0.15) is 0 Å². The average molecular weight is 988 g/mol. The lowest BCUT2D eigenvalue weighted by molar-refractivity contribution is 0.0300. The number of alkyl halides is 2. The number of carbonyl (C=O) groups excluding carboxylic acids is 1. The lowest BCUT2D eigenvalue weighted by Gasteiger charge is -2.27. The van der Waals surface area contributed by atoms with Gasteiger partial charge in [-0.3, -0.25) is 0 Å². The highest BCUT2D eigenvalue weighted by Gasteiger charge is 2.48. The van der Waals surface area contributed by atoms with Crippen molar-refractivity contribution in [2.45, 2.75) is 55.9 Å². The van der Waals surface area contributed by atoms with Crippen molar-refractivity contribution >= 4 is 98.1 Å². The summed E-state index contributed by atoms with van der Waals surface area (Å²) in [4.78, 5) is 14.4. The van der Waals surface area contributed by atoms with Crippen molar-refractivity contribution in [2.75, 3.05) is 52.2 Å². The lowest BCUT2D eigenvalue weighted by Crippen LogP contribution is -2.23.